The van der Waals surface area contributed by atoms with Crippen molar-refractivity contribution in [2.45, 2.75) is 19.9 Å². The molecule has 1 aliphatic heterocycles. The van der Waals surface area contributed by atoms with Gasteiger partial charge in [0.1, 0.15) is 12.4 Å². The minimum absolute atomic E-state index is 0.459. The van der Waals surface area contributed by atoms with Gasteiger partial charge in [0, 0.05) is 39.8 Å². The first-order chi connectivity index (χ1) is 15.6. The molecule has 0 bridgehead atoms. The molecule has 2 aromatic rings. The van der Waals surface area contributed by atoms with Crippen LogP contribution in [0.15, 0.2) is 23.2 Å². The molecular weight excluding hydrogens is 410 g/mol. The van der Waals surface area contributed by atoms with E-state index in [1.54, 1.807) is 14.2 Å². The van der Waals surface area contributed by atoms with E-state index in [1.165, 1.54) is 0 Å². The van der Waals surface area contributed by atoms with Gasteiger partial charge in [-0.1, -0.05) is 6.07 Å². The first-order valence-electron chi connectivity index (χ1n) is 11.0. The Kier molecular flexibility index (Phi) is 9.12. The molecule has 1 aliphatic rings. The first-order valence-corrected chi connectivity index (χ1v) is 11.0. The number of aliphatic imine (C=N–C) groups is 1. The van der Waals surface area contributed by atoms with Crippen LogP contribution in [0.1, 0.15) is 17.2 Å². The Balaban J connectivity index is 1.56. The molecule has 1 saturated heterocycles. The van der Waals surface area contributed by atoms with E-state index in [4.69, 9.17) is 19.2 Å². The third kappa shape index (κ3) is 6.83. The molecule has 3 rings (SSSR count). The lowest BCUT2D eigenvalue weighted by Gasteiger charge is -2.26. The molecule has 1 aromatic heterocycles. The molecule has 32 heavy (non-hydrogen) atoms. The number of hydrogen-bond acceptors (Lipinski definition) is 7. The van der Waals surface area contributed by atoms with Crippen molar-refractivity contribution in [3.63, 3.8) is 0 Å². The molecule has 2 heterocycles. The molecule has 0 saturated carbocycles. The normalized spacial score (nSPS) is 14.9. The maximum absolute atomic E-state index is 5.42. The zero-order valence-electron chi connectivity index (χ0n) is 19.6. The van der Waals surface area contributed by atoms with Gasteiger partial charge < -0.3 is 29.4 Å². The standard InChI is InChI=1S/C22H35N7O3/c1-17-26-27-21(28(17)2)16-25-22(24-9-10-29-11-13-32-14-12-29)23-8-7-18-5-6-19(30-3)20(15-18)31-4/h5-6,15H,7-14,16H2,1-4H3,(H2,23,24,25). The van der Waals surface area contributed by atoms with Gasteiger partial charge in [-0.05, 0) is 31.0 Å². The van der Waals surface area contributed by atoms with Gasteiger partial charge in [0.05, 0.1) is 27.4 Å². The van der Waals surface area contributed by atoms with Crippen molar-refractivity contribution >= 4 is 5.96 Å². The Morgan fingerprint density at radius 3 is 2.53 bits per heavy atom. The molecule has 1 fully saturated rings. The van der Waals surface area contributed by atoms with E-state index in [0.717, 1.165) is 87.0 Å². The predicted octanol–water partition coefficient (Wildman–Crippen LogP) is 0.751. The SMILES string of the molecule is COc1ccc(CCNC(=NCc2nnc(C)n2C)NCCN2CCOCC2)cc1OC. The van der Waals surface area contributed by atoms with E-state index in [1.807, 2.05) is 36.7 Å². The highest BCUT2D eigenvalue weighted by molar-refractivity contribution is 5.79. The van der Waals surface area contributed by atoms with Crippen molar-refractivity contribution in [3.05, 3.63) is 35.4 Å². The molecule has 0 amide bonds. The van der Waals surface area contributed by atoms with Gasteiger partial charge in [-0.3, -0.25) is 4.90 Å². The van der Waals surface area contributed by atoms with Crippen molar-refractivity contribution in [1.29, 1.82) is 0 Å². The Bertz CT molecular complexity index is 878. The maximum atomic E-state index is 5.42. The summed E-state index contributed by atoms with van der Waals surface area (Å²) >= 11 is 0. The number of benzene rings is 1. The number of morpholine rings is 1. The highest BCUT2D eigenvalue weighted by atomic mass is 16.5. The monoisotopic (exact) mass is 445 g/mol. The fraction of sp³-hybridized carbons (Fsp3) is 0.591. The zero-order valence-corrected chi connectivity index (χ0v) is 19.6. The van der Waals surface area contributed by atoms with E-state index in [0.29, 0.717) is 6.54 Å². The summed E-state index contributed by atoms with van der Waals surface area (Å²) in [5, 5.41) is 15.2. The second-order valence-corrected chi connectivity index (χ2v) is 7.63. The fourth-order valence-corrected chi connectivity index (χ4v) is 3.43. The summed E-state index contributed by atoms with van der Waals surface area (Å²) in [6.07, 6.45) is 0.827. The average Bonchev–Trinajstić information content (AvgIpc) is 3.15. The largest absolute Gasteiger partial charge is 0.493 e. The van der Waals surface area contributed by atoms with Crippen molar-refractivity contribution in [3.8, 4) is 11.5 Å². The third-order valence-electron chi connectivity index (χ3n) is 5.54. The van der Waals surface area contributed by atoms with Crippen molar-refractivity contribution in [2.75, 3.05) is 60.2 Å². The first kappa shape index (κ1) is 23.8. The molecule has 0 aliphatic carbocycles. The number of aromatic nitrogens is 3. The van der Waals surface area contributed by atoms with E-state index >= 15 is 0 Å². The second-order valence-electron chi connectivity index (χ2n) is 7.63. The van der Waals surface area contributed by atoms with Gasteiger partial charge in [0.15, 0.2) is 23.3 Å². The Labute approximate surface area is 190 Å². The van der Waals surface area contributed by atoms with Crippen LogP contribution in [0.3, 0.4) is 0 Å². The Morgan fingerprint density at radius 1 is 1.09 bits per heavy atom. The Morgan fingerprint density at radius 2 is 1.84 bits per heavy atom. The molecule has 0 unspecified atom stereocenters. The summed E-state index contributed by atoms with van der Waals surface area (Å²) in [7, 11) is 5.25. The molecule has 0 radical (unpaired) electrons. The van der Waals surface area contributed by atoms with Crippen molar-refractivity contribution in [1.82, 2.24) is 30.3 Å². The van der Waals surface area contributed by atoms with Crippen LogP contribution in [0.25, 0.3) is 0 Å². The summed E-state index contributed by atoms with van der Waals surface area (Å²) in [5.41, 5.74) is 1.16. The lowest BCUT2D eigenvalue weighted by atomic mass is 10.1. The summed E-state index contributed by atoms with van der Waals surface area (Å²) in [5.74, 6) is 3.94. The van der Waals surface area contributed by atoms with E-state index in [-0.39, 0.29) is 0 Å². The highest BCUT2D eigenvalue weighted by Gasteiger charge is 2.11. The molecule has 2 N–H and O–H groups in total. The van der Waals surface area contributed by atoms with Gasteiger partial charge in [-0.15, -0.1) is 10.2 Å². The lowest BCUT2D eigenvalue weighted by Crippen LogP contribution is -2.44. The van der Waals surface area contributed by atoms with Crippen LogP contribution < -0.4 is 20.1 Å². The van der Waals surface area contributed by atoms with Gasteiger partial charge in [-0.25, -0.2) is 4.99 Å². The number of guanidine groups is 1. The second kappa shape index (κ2) is 12.3. The summed E-state index contributed by atoms with van der Waals surface area (Å²) in [6, 6.07) is 5.99. The number of nitrogens with one attached hydrogen (secondary N) is 2. The van der Waals surface area contributed by atoms with Crippen molar-refractivity contribution in [2.24, 2.45) is 12.0 Å². The van der Waals surface area contributed by atoms with Crippen LogP contribution >= 0.6 is 0 Å². The smallest absolute Gasteiger partial charge is 0.191 e. The molecule has 10 heteroatoms. The highest BCUT2D eigenvalue weighted by Crippen LogP contribution is 2.27. The van der Waals surface area contributed by atoms with Crippen LogP contribution in [0, 0.1) is 6.92 Å². The number of methoxy groups -OCH3 is 2. The van der Waals surface area contributed by atoms with Gasteiger partial charge in [-0.2, -0.15) is 0 Å². The summed E-state index contributed by atoms with van der Waals surface area (Å²) < 4.78 is 18.1. The quantitative estimate of drug-likeness (QED) is 0.409. The topological polar surface area (TPSA) is 98.1 Å². The van der Waals surface area contributed by atoms with Gasteiger partial charge in [0.25, 0.3) is 0 Å². The molecule has 0 atom stereocenters. The van der Waals surface area contributed by atoms with E-state index < -0.39 is 0 Å². The molecule has 1 aromatic carbocycles. The van der Waals surface area contributed by atoms with Crippen molar-refractivity contribution < 1.29 is 14.2 Å². The summed E-state index contributed by atoms with van der Waals surface area (Å²) in [6.45, 7) is 8.42. The fourth-order valence-electron chi connectivity index (χ4n) is 3.43. The Hall–Kier alpha value is -2.85. The van der Waals surface area contributed by atoms with Crippen LogP contribution in [0.5, 0.6) is 11.5 Å². The minimum atomic E-state index is 0.459. The number of rotatable bonds is 10. The van der Waals surface area contributed by atoms with Crippen LogP contribution in [0.4, 0.5) is 0 Å². The third-order valence-corrected chi connectivity index (χ3v) is 5.54. The molecule has 0 spiro atoms. The molecule has 176 valence electrons. The predicted molar refractivity (Wildman–Crippen MR) is 123 cm³/mol. The van der Waals surface area contributed by atoms with Crippen LogP contribution in [-0.4, -0.2) is 85.8 Å². The average molecular weight is 446 g/mol. The number of hydrogen-bond donors (Lipinski definition) is 2. The van der Waals surface area contributed by atoms with Crippen LogP contribution in [-0.2, 0) is 24.8 Å². The lowest BCUT2D eigenvalue weighted by molar-refractivity contribution is 0.0389. The van der Waals surface area contributed by atoms with E-state index in [9.17, 15) is 0 Å². The maximum Gasteiger partial charge on any atom is 0.191 e. The molecule has 10 nitrogen and oxygen atoms in total. The van der Waals surface area contributed by atoms with Crippen LogP contribution in [0.2, 0.25) is 0 Å². The number of aryl methyl sites for hydroxylation is 1. The van der Waals surface area contributed by atoms with E-state index in [2.05, 4.69) is 25.7 Å². The number of ether oxygens (including phenoxy) is 3. The number of nitrogens with zero attached hydrogens (tertiary/aromatic N) is 5. The van der Waals surface area contributed by atoms with Gasteiger partial charge >= 0.3 is 0 Å². The van der Waals surface area contributed by atoms with Gasteiger partial charge in [0.2, 0.25) is 0 Å². The zero-order chi connectivity index (χ0) is 22.8. The molecular formula is C22H35N7O3. The minimum Gasteiger partial charge on any atom is -0.493 e. The summed E-state index contributed by atoms with van der Waals surface area (Å²) in [4.78, 5) is 7.12.